The number of aromatic nitrogens is 2. The molecule has 0 radical (unpaired) electrons. The molecule has 2 rings (SSSR count). The van der Waals surface area contributed by atoms with E-state index in [1.807, 2.05) is 42.0 Å². The Bertz CT molecular complexity index is 455. The van der Waals surface area contributed by atoms with Crippen molar-refractivity contribution >= 4 is 0 Å². The van der Waals surface area contributed by atoms with Crippen LogP contribution in [0, 0.1) is 11.8 Å². The van der Waals surface area contributed by atoms with Crippen molar-refractivity contribution in [2.75, 3.05) is 0 Å². The standard InChI is InChI=1S/C12H10N2/c1-2-3-11-4-6-12(7-5-11)14-9-8-13-10-14/h4-10H,1H3. The number of rotatable bonds is 1. The predicted molar refractivity (Wildman–Crippen MR) is 56.1 cm³/mol. The molecule has 14 heavy (non-hydrogen) atoms. The maximum Gasteiger partial charge on any atom is 0.0991 e. The topological polar surface area (TPSA) is 17.8 Å². The van der Waals surface area contributed by atoms with E-state index >= 15 is 0 Å². The lowest BCUT2D eigenvalue weighted by molar-refractivity contribution is 1.06. The Kier molecular flexibility index (Phi) is 2.33. The Balaban J connectivity index is 2.34. The molecular weight excluding hydrogens is 172 g/mol. The van der Waals surface area contributed by atoms with Gasteiger partial charge in [-0.25, -0.2) is 4.98 Å². The molecule has 0 amide bonds. The first kappa shape index (κ1) is 8.58. The highest BCUT2D eigenvalue weighted by atomic mass is 15.0. The Labute approximate surface area is 83.2 Å². The molecule has 0 saturated carbocycles. The summed E-state index contributed by atoms with van der Waals surface area (Å²) in [5.74, 6) is 5.87. The molecule has 0 bridgehead atoms. The van der Waals surface area contributed by atoms with Gasteiger partial charge in [-0.3, -0.25) is 0 Å². The highest BCUT2D eigenvalue weighted by Crippen LogP contribution is 2.08. The van der Waals surface area contributed by atoms with Crippen molar-refractivity contribution < 1.29 is 0 Å². The zero-order valence-electron chi connectivity index (χ0n) is 7.94. The molecule has 2 heteroatoms. The molecule has 0 N–H and O–H groups in total. The number of hydrogen-bond acceptors (Lipinski definition) is 1. The highest BCUT2D eigenvalue weighted by Gasteiger charge is 1.93. The molecule has 1 aromatic heterocycles. The summed E-state index contributed by atoms with van der Waals surface area (Å²) in [6, 6.07) is 8.07. The molecule has 0 saturated heterocycles. The molecule has 0 aliphatic heterocycles. The van der Waals surface area contributed by atoms with Crippen molar-refractivity contribution in [3.05, 3.63) is 48.5 Å². The zero-order valence-corrected chi connectivity index (χ0v) is 7.94. The van der Waals surface area contributed by atoms with Crippen molar-refractivity contribution in [3.63, 3.8) is 0 Å². The van der Waals surface area contributed by atoms with Gasteiger partial charge in [-0.2, -0.15) is 0 Å². The van der Waals surface area contributed by atoms with Crippen LogP contribution in [0.2, 0.25) is 0 Å². The minimum atomic E-state index is 1.04. The molecule has 2 aromatic rings. The van der Waals surface area contributed by atoms with E-state index in [1.165, 1.54) is 0 Å². The lowest BCUT2D eigenvalue weighted by Gasteiger charge is -2.00. The summed E-state index contributed by atoms with van der Waals surface area (Å²) in [6.45, 7) is 1.84. The lowest BCUT2D eigenvalue weighted by atomic mass is 10.2. The van der Waals surface area contributed by atoms with Gasteiger partial charge in [-0.05, 0) is 31.2 Å². The van der Waals surface area contributed by atoms with E-state index < -0.39 is 0 Å². The molecule has 0 atom stereocenters. The minimum Gasteiger partial charge on any atom is -0.306 e. The van der Waals surface area contributed by atoms with Gasteiger partial charge in [0.05, 0.1) is 6.33 Å². The summed E-state index contributed by atoms with van der Waals surface area (Å²) < 4.78 is 1.96. The highest BCUT2D eigenvalue weighted by molar-refractivity contribution is 5.41. The van der Waals surface area contributed by atoms with Gasteiger partial charge in [0.1, 0.15) is 0 Å². The van der Waals surface area contributed by atoms with Crippen molar-refractivity contribution in [2.45, 2.75) is 6.92 Å². The summed E-state index contributed by atoms with van der Waals surface area (Å²) >= 11 is 0. The molecule has 2 nitrogen and oxygen atoms in total. The molecule has 1 heterocycles. The Morgan fingerprint density at radius 3 is 2.57 bits per heavy atom. The fourth-order valence-electron chi connectivity index (χ4n) is 1.27. The minimum absolute atomic E-state index is 1.04. The lowest BCUT2D eigenvalue weighted by Crippen LogP contribution is -1.88. The summed E-state index contributed by atoms with van der Waals surface area (Å²) in [5.41, 5.74) is 2.14. The zero-order chi connectivity index (χ0) is 9.80. The van der Waals surface area contributed by atoms with Gasteiger partial charge < -0.3 is 4.57 Å². The molecule has 0 unspecified atom stereocenters. The SMILES string of the molecule is CC#Cc1ccc(-n2ccnc2)cc1. The maximum atomic E-state index is 3.99. The van der Waals surface area contributed by atoms with Crippen LogP contribution in [-0.2, 0) is 0 Å². The largest absolute Gasteiger partial charge is 0.306 e. The first-order chi connectivity index (χ1) is 6.90. The van der Waals surface area contributed by atoms with Crippen LogP contribution in [0.1, 0.15) is 12.5 Å². The fourth-order valence-corrected chi connectivity index (χ4v) is 1.27. The second-order valence-electron chi connectivity index (χ2n) is 2.89. The average molecular weight is 182 g/mol. The van der Waals surface area contributed by atoms with Crippen LogP contribution in [0.4, 0.5) is 0 Å². The summed E-state index contributed by atoms with van der Waals surface area (Å²) in [6.07, 6.45) is 5.46. The van der Waals surface area contributed by atoms with Gasteiger partial charge in [-0.1, -0.05) is 5.92 Å². The van der Waals surface area contributed by atoms with Gasteiger partial charge in [0.15, 0.2) is 0 Å². The van der Waals surface area contributed by atoms with E-state index in [0.29, 0.717) is 0 Å². The smallest absolute Gasteiger partial charge is 0.0991 e. The van der Waals surface area contributed by atoms with Crippen LogP contribution in [0.3, 0.4) is 0 Å². The molecular formula is C12H10N2. The monoisotopic (exact) mass is 182 g/mol. The summed E-state index contributed by atoms with van der Waals surface area (Å²) in [4.78, 5) is 3.99. The normalized spacial score (nSPS) is 9.21. The molecule has 0 fully saturated rings. The van der Waals surface area contributed by atoms with Crippen LogP contribution in [0.15, 0.2) is 43.0 Å². The third-order valence-corrected chi connectivity index (χ3v) is 1.94. The second kappa shape index (κ2) is 3.80. The van der Waals surface area contributed by atoms with Crippen LogP contribution in [0.25, 0.3) is 5.69 Å². The van der Waals surface area contributed by atoms with E-state index in [2.05, 4.69) is 16.8 Å². The van der Waals surface area contributed by atoms with Gasteiger partial charge >= 0.3 is 0 Å². The number of imidazole rings is 1. The first-order valence-electron chi connectivity index (χ1n) is 4.41. The van der Waals surface area contributed by atoms with Gasteiger partial charge in [0, 0.05) is 23.6 Å². The molecule has 0 aliphatic rings. The Hall–Kier alpha value is -2.01. The predicted octanol–water partition coefficient (Wildman–Crippen LogP) is 2.24. The average Bonchev–Trinajstić information content (AvgIpc) is 2.72. The van der Waals surface area contributed by atoms with E-state index in [-0.39, 0.29) is 0 Å². The maximum absolute atomic E-state index is 3.99. The van der Waals surface area contributed by atoms with Gasteiger partial charge in [0.25, 0.3) is 0 Å². The molecule has 0 spiro atoms. The third kappa shape index (κ3) is 1.67. The van der Waals surface area contributed by atoms with Crippen molar-refractivity contribution in [1.29, 1.82) is 0 Å². The molecule has 0 aliphatic carbocycles. The molecule has 1 aromatic carbocycles. The van der Waals surface area contributed by atoms with Crippen LogP contribution in [-0.4, -0.2) is 9.55 Å². The number of nitrogens with zero attached hydrogens (tertiary/aromatic N) is 2. The Morgan fingerprint density at radius 2 is 2.00 bits per heavy atom. The van der Waals surface area contributed by atoms with Crippen molar-refractivity contribution in [1.82, 2.24) is 9.55 Å². The van der Waals surface area contributed by atoms with Gasteiger partial charge in [0.2, 0.25) is 0 Å². The van der Waals surface area contributed by atoms with E-state index in [0.717, 1.165) is 11.3 Å². The number of benzene rings is 1. The van der Waals surface area contributed by atoms with E-state index in [4.69, 9.17) is 0 Å². The van der Waals surface area contributed by atoms with Crippen LogP contribution in [0.5, 0.6) is 0 Å². The second-order valence-corrected chi connectivity index (χ2v) is 2.89. The van der Waals surface area contributed by atoms with Crippen LogP contribution >= 0.6 is 0 Å². The van der Waals surface area contributed by atoms with E-state index in [1.54, 1.807) is 12.5 Å². The number of hydrogen-bond donors (Lipinski definition) is 0. The summed E-state index contributed by atoms with van der Waals surface area (Å²) in [5, 5.41) is 0. The Morgan fingerprint density at radius 1 is 1.21 bits per heavy atom. The van der Waals surface area contributed by atoms with Crippen LogP contribution < -0.4 is 0 Å². The molecule has 68 valence electrons. The first-order valence-corrected chi connectivity index (χ1v) is 4.41. The van der Waals surface area contributed by atoms with Gasteiger partial charge in [-0.15, -0.1) is 5.92 Å². The van der Waals surface area contributed by atoms with Crippen molar-refractivity contribution in [2.24, 2.45) is 0 Å². The van der Waals surface area contributed by atoms with Crippen molar-refractivity contribution in [3.8, 4) is 17.5 Å². The van der Waals surface area contributed by atoms with E-state index in [9.17, 15) is 0 Å². The quantitative estimate of drug-likeness (QED) is 0.618. The third-order valence-electron chi connectivity index (χ3n) is 1.94. The fraction of sp³-hybridized carbons (Fsp3) is 0.0833. The summed E-state index contributed by atoms with van der Waals surface area (Å²) in [7, 11) is 0.